The summed E-state index contributed by atoms with van der Waals surface area (Å²) in [6, 6.07) is 9.83. The van der Waals surface area contributed by atoms with Crippen LogP contribution >= 0.6 is 23.1 Å². The molecule has 26 heavy (non-hydrogen) atoms. The molecule has 0 fully saturated rings. The first-order valence-electron chi connectivity index (χ1n) is 8.45. The van der Waals surface area contributed by atoms with Crippen molar-refractivity contribution in [3.8, 4) is 0 Å². The molecule has 1 amide bonds. The standard InChI is InChI=1S/C19H21N3O2S2/c1-4-20-15(23)11-25-19-21-17-16(12(2)13(3)26-17)18(24)22(19)10-14-8-6-5-7-9-14/h5-9H,4,10-11H2,1-3H3,(H,20,23). The van der Waals surface area contributed by atoms with Crippen LogP contribution in [-0.4, -0.2) is 27.8 Å². The van der Waals surface area contributed by atoms with Crippen LogP contribution in [0.3, 0.4) is 0 Å². The molecule has 2 heterocycles. The third-order valence-electron chi connectivity index (χ3n) is 4.14. The number of carbonyl (C=O) groups is 1. The maximum atomic E-state index is 13.2. The van der Waals surface area contributed by atoms with Crippen molar-refractivity contribution in [2.75, 3.05) is 12.3 Å². The van der Waals surface area contributed by atoms with Crippen LogP contribution in [-0.2, 0) is 11.3 Å². The summed E-state index contributed by atoms with van der Waals surface area (Å²) in [4.78, 5) is 31.6. The van der Waals surface area contributed by atoms with Crippen molar-refractivity contribution in [3.63, 3.8) is 0 Å². The van der Waals surface area contributed by atoms with Gasteiger partial charge in [-0.1, -0.05) is 42.1 Å². The molecule has 0 unspecified atom stereocenters. The molecule has 0 bridgehead atoms. The minimum absolute atomic E-state index is 0.0425. The van der Waals surface area contributed by atoms with Gasteiger partial charge >= 0.3 is 0 Å². The van der Waals surface area contributed by atoms with Crippen LogP contribution in [0.25, 0.3) is 10.2 Å². The van der Waals surface area contributed by atoms with Gasteiger partial charge in [0.2, 0.25) is 5.91 Å². The zero-order valence-electron chi connectivity index (χ0n) is 15.0. The summed E-state index contributed by atoms with van der Waals surface area (Å²) in [7, 11) is 0. The van der Waals surface area contributed by atoms with Crippen LogP contribution in [0.2, 0.25) is 0 Å². The Morgan fingerprint density at radius 2 is 2.00 bits per heavy atom. The van der Waals surface area contributed by atoms with Crippen molar-refractivity contribution < 1.29 is 4.79 Å². The number of nitrogens with zero attached hydrogens (tertiary/aromatic N) is 2. The highest BCUT2D eigenvalue weighted by Crippen LogP contribution is 2.28. The number of benzene rings is 1. The fourth-order valence-electron chi connectivity index (χ4n) is 2.70. The summed E-state index contributed by atoms with van der Waals surface area (Å²) >= 11 is 2.83. The van der Waals surface area contributed by atoms with Gasteiger partial charge in [0.1, 0.15) is 4.83 Å². The zero-order chi connectivity index (χ0) is 18.7. The molecular formula is C19H21N3O2S2. The molecule has 0 spiro atoms. The maximum absolute atomic E-state index is 13.2. The summed E-state index contributed by atoms with van der Waals surface area (Å²) in [6.07, 6.45) is 0. The van der Waals surface area contributed by atoms with Gasteiger partial charge in [0.15, 0.2) is 5.16 Å². The predicted octanol–water partition coefficient (Wildman–Crippen LogP) is 3.35. The van der Waals surface area contributed by atoms with Gasteiger partial charge in [0.05, 0.1) is 17.7 Å². The lowest BCUT2D eigenvalue weighted by atomic mass is 10.2. The fourth-order valence-corrected chi connectivity index (χ4v) is 4.60. The zero-order valence-corrected chi connectivity index (χ0v) is 16.7. The summed E-state index contributed by atoms with van der Waals surface area (Å²) in [6.45, 7) is 6.88. The Bertz CT molecular complexity index is 993. The minimum Gasteiger partial charge on any atom is -0.356 e. The van der Waals surface area contributed by atoms with Gasteiger partial charge in [0, 0.05) is 11.4 Å². The van der Waals surface area contributed by atoms with E-state index in [0.29, 0.717) is 23.6 Å². The number of rotatable bonds is 6. The summed E-state index contributed by atoms with van der Waals surface area (Å²) in [5.41, 5.74) is 1.98. The van der Waals surface area contributed by atoms with Gasteiger partial charge in [-0.15, -0.1) is 11.3 Å². The van der Waals surface area contributed by atoms with Gasteiger partial charge in [-0.2, -0.15) is 0 Å². The van der Waals surface area contributed by atoms with Crippen molar-refractivity contribution in [1.82, 2.24) is 14.9 Å². The first kappa shape index (κ1) is 18.7. The molecule has 0 radical (unpaired) electrons. The molecule has 136 valence electrons. The fraction of sp³-hybridized carbons (Fsp3) is 0.316. The van der Waals surface area contributed by atoms with Gasteiger partial charge in [-0.05, 0) is 31.9 Å². The molecule has 2 aromatic heterocycles. The Morgan fingerprint density at radius 1 is 1.27 bits per heavy atom. The van der Waals surface area contributed by atoms with Crippen LogP contribution in [0.1, 0.15) is 22.9 Å². The molecule has 7 heteroatoms. The lowest BCUT2D eigenvalue weighted by molar-refractivity contribution is -0.118. The van der Waals surface area contributed by atoms with E-state index in [2.05, 4.69) is 5.32 Å². The number of fused-ring (bicyclic) bond motifs is 1. The molecule has 1 N–H and O–H groups in total. The molecule has 5 nitrogen and oxygen atoms in total. The summed E-state index contributed by atoms with van der Waals surface area (Å²) in [5, 5.41) is 4.05. The lowest BCUT2D eigenvalue weighted by Crippen LogP contribution is -2.27. The van der Waals surface area contributed by atoms with Crippen molar-refractivity contribution in [3.05, 3.63) is 56.7 Å². The second-order valence-corrected chi connectivity index (χ2v) is 8.12. The number of hydrogen-bond acceptors (Lipinski definition) is 5. The van der Waals surface area contributed by atoms with Gasteiger partial charge in [0.25, 0.3) is 5.56 Å². The predicted molar refractivity (Wildman–Crippen MR) is 108 cm³/mol. The summed E-state index contributed by atoms with van der Waals surface area (Å²) in [5.74, 6) is 0.181. The molecule has 3 aromatic rings. The van der Waals surface area contributed by atoms with Gasteiger partial charge in [-0.25, -0.2) is 4.98 Å². The number of thioether (sulfide) groups is 1. The normalized spacial score (nSPS) is 11.0. The van der Waals surface area contributed by atoms with Crippen LogP contribution in [0, 0.1) is 13.8 Å². The number of thiophene rings is 1. The molecular weight excluding hydrogens is 366 g/mol. The van der Waals surface area contributed by atoms with E-state index in [0.717, 1.165) is 20.8 Å². The Balaban J connectivity index is 2.06. The van der Waals surface area contributed by atoms with E-state index in [-0.39, 0.29) is 17.2 Å². The highest BCUT2D eigenvalue weighted by molar-refractivity contribution is 7.99. The number of nitrogens with one attached hydrogen (secondary N) is 1. The van der Waals surface area contributed by atoms with Crippen molar-refractivity contribution in [1.29, 1.82) is 0 Å². The topological polar surface area (TPSA) is 64.0 Å². The number of amides is 1. The number of aryl methyl sites for hydroxylation is 2. The Labute approximate surface area is 160 Å². The molecule has 0 aliphatic carbocycles. The molecule has 0 aliphatic heterocycles. The minimum atomic E-state index is -0.0587. The molecule has 3 rings (SSSR count). The van der Waals surface area contributed by atoms with Gasteiger partial charge in [-0.3, -0.25) is 14.2 Å². The third kappa shape index (κ3) is 3.83. The number of hydrogen-bond donors (Lipinski definition) is 1. The maximum Gasteiger partial charge on any atom is 0.263 e. The van der Waals surface area contributed by atoms with Crippen molar-refractivity contribution >= 4 is 39.2 Å². The van der Waals surface area contributed by atoms with E-state index in [1.54, 1.807) is 4.57 Å². The first-order valence-corrected chi connectivity index (χ1v) is 10.3. The van der Waals surface area contributed by atoms with Gasteiger partial charge < -0.3 is 5.32 Å². The molecule has 0 saturated carbocycles. The van der Waals surface area contributed by atoms with Crippen molar-refractivity contribution in [2.24, 2.45) is 0 Å². The van der Waals surface area contributed by atoms with Crippen molar-refractivity contribution in [2.45, 2.75) is 32.5 Å². The summed E-state index contributed by atoms with van der Waals surface area (Å²) < 4.78 is 1.68. The van der Waals surface area contributed by atoms with E-state index in [1.807, 2.05) is 51.1 Å². The number of carbonyl (C=O) groups excluding carboxylic acids is 1. The Morgan fingerprint density at radius 3 is 2.69 bits per heavy atom. The smallest absolute Gasteiger partial charge is 0.263 e. The van der Waals surface area contributed by atoms with Crippen LogP contribution in [0.4, 0.5) is 0 Å². The average molecular weight is 388 g/mol. The highest BCUT2D eigenvalue weighted by atomic mass is 32.2. The molecule has 1 aromatic carbocycles. The monoisotopic (exact) mass is 387 g/mol. The molecule has 0 atom stereocenters. The third-order valence-corrected chi connectivity index (χ3v) is 6.22. The quantitative estimate of drug-likeness (QED) is 0.520. The van der Waals surface area contributed by atoms with E-state index < -0.39 is 0 Å². The van der Waals surface area contributed by atoms with E-state index in [9.17, 15) is 9.59 Å². The second kappa shape index (κ2) is 8.05. The van der Waals surface area contributed by atoms with Crippen LogP contribution in [0.5, 0.6) is 0 Å². The number of aromatic nitrogens is 2. The van der Waals surface area contributed by atoms with Crippen LogP contribution in [0.15, 0.2) is 40.3 Å². The Hall–Kier alpha value is -2.12. The largest absolute Gasteiger partial charge is 0.356 e. The molecule has 0 aliphatic rings. The lowest BCUT2D eigenvalue weighted by Gasteiger charge is -2.12. The average Bonchev–Trinajstić information content (AvgIpc) is 2.91. The first-order chi connectivity index (χ1) is 12.5. The van der Waals surface area contributed by atoms with E-state index >= 15 is 0 Å². The van der Waals surface area contributed by atoms with E-state index in [1.165, 1.54) is 23.1 Å². The molecule has 0 saturated heterocycles. The Kier molecular flexibility index (Phi) is 5.78. The highest BCUT2D eigenvalue weighted by Gasteiger charge is 2.17. The van der Waals surface area contributed by atoms with Crippen LogP contribution < -0.4 is 10.9 Å². The second-order valence-electron chi connectivity index (χ2n) is 5.98. The van der Waals surface area contributed by atoms with E-state index in [4.69, 9.17) is 4.98 Å². The SMILES string of the molecule is CCNC(=O)CSc1nc2sc(C)c(C)c2c(=O)n1Cc1ccccc1.